The molecule has 1 aliphatic heterocycles. The molecular weight excluding hydrogens is 342 g/mol. The molecular formula is C15H18F2N2O4S. The number of nitrogens with one attached hydrogen (secondary N) is 1. The van der Waals surface area contributed by atoms with Gasteiger partial charge in [-0.15, -0.1) is 0 Å². The van der Waals surface area contributed by atoms with E-state index in [-0.39, 0.29) is 12.5 Å². The summed E-state index contributed by atoms with van der Waals surface area (Å²) in [7, 11) is -4.66. The molecule has 0 saturated carbocycles. The predicted octanol–water partition coefficient (Wildman–Crippen LogP) is 2.15. The van der Waals surface area contributed by atoms with Gasteiger partial charge < -0.3 is 5.32 Å². The minimum Gasteiger partial charge on any atom is -0.325 e. The Kier molecular flexibility index (Phi) is 4.67. The molecule has 6 nitrogen and oxygen atoms in total. The third-order valence-corrected chi connectivity index (χ3v) is 5.12. The van der Waals surface area contributed by atoms with E-state index in [1.54, 1.807) is 0 Å². The average molecular weight is 360 g/mol. The highest BCUT2D eigenvalue weighted by atomic mass is 32.2. The van der Waals surface area contributed by atoms with E-state index in [9.17, 15) is 26.8 Å². The van der Waals surface area contributed by atoms with Crippen LogP contribution in [-0.4, -0.2) is 37.1 Å². The van der Waals surface area contributed by atoms with Crippen molar-refractivity contribution in [2.24, 2.45) is 5.41 Å². The van der Waals surface area contributed by atoms with Crippen LogP contribution in [0.3, 0.4) is 0 Å². The lowest BCUT2D eigenvalue weighted by molar-refractivity contribution is -0.129. The van der Waals surface area contributed by atoms with Crippen LogP contribution in [0.25, 0.3) is 0 Å². The van der Waals surface area contributed by atoms with Crippen molar-refractivity contribution in [3.8, 4) is 0 Å². The summed E-state index contributed by atoms with van der Waals surface area (Å²) in [6, 6.07) is 3.50. The molecule has 132 valence electrons. The minimum absolute atomic E-state index is 0.0632. The van der Waals surface area contributed by atoms with Crippen molar-refractivity contribution in [3.63, 3.8) is 0 Å². The monoisotopic (exact) mass is 360 g/mol. The Morgan fingerprint density at radius 3 is 2.12 bits per heavy atom. The van der Waals surface area contributed by atoms with E-state index in [1.165, 1.54) is 12.1 Å². The highest BCUT2D eigenvalue weighted by Gasteiger charge is 2.44. The van der Waals surface area contributed by atoms with Crippen molar-refractivity contribution >= 4 is 21.8 Å². The third-order valence-electron chi connectivity index (χ3n) is 3.72. The molecule has 3 amide bonds. The predicted molar refractivity (Wildman–Crippen MR) is 82.0 cm³/mol. The fraction of sp³-hybridized carbons (Fsp3) is 0.467. The molecule has 1 saturated heterocycles. The van der Waals surface area contributed by atoms with Crippen molar-refractivity contribution in [1.29, 1.82) is 0 Å². The molecule has 0 aliphatic carbocycles. The van der Waals surface area contributed by atoms with Crippen LogP contribution in [-0.2, 0) is 21.2 Å². The average Bonchev–Trinajstić information content (AvgIpc) is 2.75. The van der Waals surface area contributed by atoms with Gasteiger partial charge in [0.15, 0.2) is 0 Å². The molecule has 9 heteroatoms. The second-order valence-corrected chi connectivity index (χ2v) is 8.54. The molecule has 0 unspecified atom stereocenters. The van der Waals surface area contributed by atoms with E-state index in [1.807, 2.05) is 20.8 Å². The summed E-state index contributed by atoms with van der Waals surface area (Å²) in [6.45, 7) is 5.41. The summed E-state index contributed by atoms with van der Waals surface area (Å²) in [4.78, 5) is 24.8. The lowest BCUT2D eigenvalue weighted by Crippen LogP contribution is -2.41. The highest BCUT2D eigenvalue weighted by molar-refractivity contribution is 7.91. The lowest BCUT2D eigenvalue weighted by atomic mass is 9.87. The maximum absolute atomic E-state index is 12.5. The van der Waals surface area contributed by atoms with Crippen LogP contribution in [0.15, 0.2) is 29.2 Å². The molecule has 0 spiro atoms. The molecule has 1 aliphatic rings. The van der Waals surface area contributed by atoms with Crippen molar-refractivity contribution < 1.29 is 26.8 Å². The Bertz CT molecular complexity index is 755. The van der Waals surface area contributed by atoms with Gasteiger partial charge in [-0.05, 0) is 23.1 Å². The summed E-state index contributed by atoms with van der Waals surface area (Å²) in [6.07, 6.45) is 0. The van der Waals surface area contributed by atoms with Crippen LogP contribution < -0.4 is 5.32 Å². The Morgan fingerprint density at radius 1 is 1.17 bits per heavy atom. The van der Waals surface area contributed by atoms with Crippen molar-refractivity contribution in [3.05, 3.63) is 29.8 Å². The van der Waals surface area contributed by atoms with Gasteiger partial charge in [-0.1, -0.05) is 32.9 Å². The standard InChI is InChI=1S/C15H18F2N2O4S/c1-15(2,3)11-12(20)19(14(21)18-11)8-9-4-6-10(7-5-9)24(22,23)13(16)17/h4-7,11,13H,8H2,1-3H3,(H,18,21)/t11-/m1/s1. The second kappa shape index (κ2) is 6.12. The number of sulfone groups is 1. The molecule has 24 heavy (non-hydrogen) atoms. The number of benzene rings is 1. The zero-order valence-electron chi connectivity index (χ0n) is 13.4. The fourth-order valence-corrected chi connectivity index (χ4v) is 3.05. The first-order chi connectivity index (χ1) is 10.9. The zero-order valence-corrected chi connectivity index (χ0v) is 14.2. The van der Waals surface area contributed by atoms with E-state index in [0.717, 1.165) is 17.0 Å². The number of carbonyl (C=O) groups excluding carboxylic acids is 2. The highest BCUT2D eigenvalue weighted by Crippen LogP contribution is 2.26. The normalized spacial score (nSPS) is 19.1. The number of rotatable bonds is 4. The van der Waals surface area contributed by atoms with Crippen LogP contribution in [0.4, 0.5) is 13.6 Å². The Hall–Kier alpha value is -2.03. The largest absolute Gasteiger partial charge is 0.341 e. The SMILES string of the molecule is CC(C)(C)[C@@H]1NC(=O)N(Cc2ccc(S(=O)(=O)C(F)F)cc2)C1=O. The summed E-state index contributed by atoms with van der Waals surface area (Å²) >= 11 is 0. The van der Waals surface area contributed by atoms with Gasteiger partial charge in [-0.3, -0.25) is 9.69 Å². The number of urea groups is 1. The van der Waals surface area contributed by atoms with Gasteiger partial charge in [-0.2, -0.15) is 8.78 Å². The molecule has 2 rings (SSSR count). The number of imide groups is 1. The van der Waals surface area contributed by atoms with E-state index in [2.05, 4.69) is 5.32 Å². The van der Waals surface area contributed by atoms with Crippen LogP contribution in [0.1, 0.15) is 26.3 Å². The quantitative estimate of drug-likeness (QED) is 0.834. The van der Waals surface area contributed by atoms with Gasteiger partial charge in [0.05, 0.1) is 11.4 Å². The van der Waals surface area contributed by atoms with Gasteiger partial charge in [-0.25, -0.2) is 13.2 Å². The van der Waals surface area contributed by atoms with Gasteiger partial charge >= 0.3 is 11.8 Å². The van der Waals surface area contributed by atoms with Crippen molar-refractivity contribution in [2.45, 2.75) is 44.0 Å². The smallest absolute Gasteiger partial charge is 0.325 e. The fourth-order valence-electron chi connectivity index (χ4n) is 2.33. The van der Waals surface area contributed by atoms with E-state index in [4.69, 9.17) is 0 Å². The van der Waals surface area contributed by atoms with Gasteiger partial charge in [0.25, 0.3) is 5.91 Å². The van der Waals surface area contributed by atoms with Crippen LogP contribution in [0.2, 0.25) is 0 Å². The maximum atomic E-state index is 12.5. The van der Waals surface area contributed by atoms with Crippen LogP contribution in [0, 0.1) is 5.41 Å². The first kappa shape index (κ1) is 18.3. The summed E-state index contributed by atoms with van der Waals surface area (Å²) in [5.74, 6) is -3.88. The number of amides is 3. The maximum Gasteiger partial charge on any atom is 0.341 e. The van der Waals surface area contributed by atoms with E-state index < -0.39 is 38.0 Å². The molecule has 1 aromatic rings. The van der Waals surface area contributed by atoms with Crippen molar-refractivity contribution in [2.75, 3.05) is 0 Å². The topological polar surface area (TPSA) is 83.6 Å². The van der Waals surface area contributed by atoms with E-state index in [0.29, 0.717) is 5.56 Å². The van der Waals surface area contributed by atoms with Gasteiger partial charge in [0.1, 0.15) is 6.04 Å². The molecule has 1 N–H and O–H groups in total. The number of carbonyl (C=O) groups is 2. The molecule has 1 atom stereocenters. The molecule has 0 bridgehead atoms. The van der Waals surface area contributed by atoms with Gasteiger partial charge in [0, 0.05) is 0 Å². The number of hydrogen-bond donors (Lipinski definition) is 1. The molecule has 0 radical (unpaired) electrons. The van der Waals surface area contributed by atoms with Crippen LogP contribution in [0.5, 0.6) is 0 Å². The number of nitrogens with zero attached hydrogens (tertiary/aromatic N) is 1. The Labute approximate surface area is 138 Å². The summed E-state index contributed by atoms with van der Waals surface area (Å²) in [5, 5.41) is 2.61. The molecule has 1 aromatic carbocycles. The van der Waals surface area contributed by atoms with Crippen LogP contribution >= 0.6 is 0 Å². The third kappa shape index (κ3) is 3.40. The number of alkyl halides is 2. The Morgan fingerprint density at radius 2 is 1.71 bits per heavy atom. The van der Waals surface area contributed by atoms with Crippen molar-refractivity contribution in [1.82, 2.24) is 10.2 Å². The molecule has 1 fully saturated rings. The van der Waals surface area contributed by atoms with E-state index >= 15 is 0 Å². The molecule has 1 heterocycles. The van der Waals surface area contributed by atoms with Gasteiger partial charge in [0.2, 0.25) is 9.84 Å². The zero-order chi connectivity index (χ0) is 18.3. The minimum atomic E-state index is -4.66. The Balaban J connectivity index is 2.18. The second-order valence-electron chi connectivity index (χ2n) is 6.62. The number of halogens is 2. The summed E-state index contributed by atoms with van der Waals surface area (Å²) in [5.41, 5.74) is 0.0118. The number of hydrogen-bond acceptors (Lipinski definition) is 4. The first-order valence-corrected chi connectivity index (χ1v) is 8.72. The lowest BCUT2D eigenvalue weighted by Gasteiger charge is -2.24. The molecule has 0 aromatic heterocycles. The summed E-state index contributed by atoms with van der Waals surface area (Å²) < 4.78 is 47.7. The first-order valence-electron chi connectivity index (χ1n) is 7.17.